The van der Waals surface area contributed by atoms with Crippen LogP contribution < -0.4 is 10.6 Å². The second-order valence-corrected chi connectivity index (χ2v) is 3.79. The van der Waals surface area contributed by atoms with Crippen LogP contribution in [0, 0.1) is 0 Å². The Morgan fingerprint density at radius 1 is 1.53 bits per heavy atom. The fourth-order valence-electron chi connectivity index (χ4n) is 1.43. The summed E-state index contributed by atoms with van der Waals surface area (Å²) in [6.07, 6.45) is 1.65. The van der Waals surface area contributed by atoms with E-state index in [2.05, 4.69) is 15.6 Å². The number of pyridine rings is 1. The lowest BCUT2D eigenvalue weighted by Gasteiger charge is -2.12. The third-order valence-electron chi connectivity index (χ3n) is 2.17. The third kappa shape index (κ3) is 4.40. The van der Waals surface area contributed by atoms with Crippen LogP contribution in [0.5, 0.6) is 0 Å². The van der Waals surface area contributed by atoms with E-state index in [-0.39, 0.29) is 11.9 Å². The Balaban J connectivity index is 2.57. The van der Waals surface area contributed by atoms with E-state index in [0.717, 1.165) is 12.2 Å². The maximum Gasteiger partial charge on any atom is 0.270 e. The van der Waals surface area contributed by atoms with Crippen LogP contribution >= 0.6 is 0 Å². The fraction of sp³-hybridized carbons (Fsp3) is 0.500. The summed E-state index contributed by atoms with van der Waals surface area (Å²) >= 11 is 0. The number of anilines is 1. The van der Waals surface area contributed by atoms with Gasteiger partial charge in [0.2, 0.25) is 0 Å². The Bertz CT molecular complexity index is 351. The van der Waals surface area contributed by atoms with Gasteiger partial charge in [-0.05, 0) is 26.0 Å². The van der Waals surface area contributed by atoms with E-state index >= 15 is 0 Å². The molecule has 0 fully saturated rings. The molecule has 0 saturated carbocycles. The second kappa shape index (κ2) is 6.85. The Labute approximate surface area is 102 Å². The molecule has 0 aliphatic rings. The molecule has 1 unspecified atom stereocenters. The van der Waals surface area contributed by atoms with Gasteiger partial charge in [0.15, 0.2) is 0 Å². The molecule has 0 radical (unpaired) electrons. The molecule has 5 nitrogen and oxygen atoms in total. The first-order valence-electron chi connectivity index (χ1n) is 5.67. The lowest BCUT2D eigenvalue weighted by molar-refractivity contribution is 0.0900. The van der Waals surface area contributed by atoms with Crippen LogP contribution in [0.25, 0.3) is 0 Å². The summed E-state index contributed by atoms with van der Waals surface area (Å²) in [5, 5.41) is 5.92. The minimum atomic E-state index is -0.183. The first-order valence-corrected chi connectivity index (χ1v) is 5.67. The summed E-state index contributed by atoms with van der Waals surface area (Å²) in [6, 6.07) is 3.52. The Hall–Kier alpha value is -1.62. The molecule has 5 heteroatoms. The molecule has 1 rings (SSSR count). The summed E-state index contributed by atoms with van der Waals surface area (Å²) in [4.78, 5) is 15.8. The Morgan fingerprint density at radius 2 is 2.29 bits per heavy atom. The molecular formula is C12H19N3O2. The molecule has 2 N–H and O–H groups in total. The van der Waals surface area contributed by atoms with Gasteiger partial charge in [-0.15, -0.1) is 0 Å². The highest BCUT2D eigenvalue weighted by molar-refractivity contribution is 5.92. The number of carbonyl (C=O) groups excluding carboxylic acids is 1. The number of aromatic nitrogens is 1. The molecule has 0 aliphatic carbocycles. The number of nitrogens with one attached hydrogen (secondary N) is 2. The van der Waals surface area contributed by atoms with Gasteiger partial charge in [-0.25, -0.2) is 4.98 Å². The van der Waals surface area contributed by atoms with Crippen LogP contribution in [0.4, 0.5) is 5.69 Å². The molecule has 1 atom stereocenters. The minimum absolute atomic E-state index is 0.0252. The topological polar surface area (TPSA) is 63.2 Å². The number of rotatable bonds is 6. The second-order valence-electron chi connectivity index (χ2n) is 3.79. The summed E-state index contributed by atoms with van der Waals surface area (Å²) < 4.78 is 4.95. The molecule has 0 aliphatic heterocycles. The van der Waals surface area contributed by atoms with Crippen LogP contribution in [-0.4, -0.2) is 37.2 Å². The van der Waals surface area contributed by atoms with E-state index in [1.54, 1.807) is 19.4 Å². The third-order valence-corrected chi connectivity index (χ3v) is 2.17. The number of hydrogen-bond donors (Lipinski definition) is 2. The van der Waals surface area contributed by atoms with Crippen molar-refractivity contribution in [3.8, 4) is 0 Å². The summed E-state index contributed by atoms with van der Waals surface area (Å²) in [6.45, 7) is 5.21. The van der Waals surface area contributed by atoms with Crippen molar-refractivity contribution in [3.63, 3.8) is 0 Å². The summed E-state index contributed by atoms with van der Waals surface area (Å²) in [5.74, 6) is -0.183. The number of amides is 1. The Kier molecular flexibility index (Phi) is 5.42. The number of carbonyl (C=O) groups is 1. The van der Waals surface area contributed by atoms with E-state index in [9.17, 15) is 4.79 Å². The van der Waals surface area contributed by atoms with Gasteiger partial charge in [0.05, 0.1) is 18.5 Å². The smallest absolute Gasteiger partial charge is 0.270 e. The minimum Gasteiger partial charge on any atom is -0.384 e. The predicted molar refractivity (Wildman–Crippen MR) is 67.2 cm³/mol. The van der Waals surface area contributed by atoms with Crippen molar-refractivity contribution >= 4 is 11.6 Å². The number of nitrogens with zero attached hydrogens (tertiary/aromatic N) is 1. The molecule has 0 bridgehead atoms. The first kappa shape index (κ1) is 13.4. The van der Waals surface area contributed by atoms with Crippen molar-refractivity contribution < 1.29 is 9.53 Å². The fourth-order valence-corrected chi connectivity index (χ4v) is 1.43. The largest absolute Gasteiger partial charge is 0.384 e. The zero-order chi connectivity index (χ0) is 12.7. The molecule has 94 valence electrons. The van der Waals surface area contributed by atoms with E-state index in [4.69, 9.17) is 4.74 Å². The van der Waals surface area contributed by atoms with Crippen LogP contribution in [0.15, 0.2) is 18.3 Å². The molecule has 17 heavy (non-hydrogen) atoms. The molecule has 1 amide bonds. The van der Waals surface area contributed by atoms with Crippen molar-refractivity contribution in [2.24, 2.45) is 0 Å². The van der Waals surface area contributed by atoms with Gasteiger partial charge in [0.1, 0.15) is 5.69 Å². The standard InChI is InChI=1S/C12H19N3O2/c1-4-13-10-5-6-11(14-7-10)12(16)15-9(2)8-17-3/h5-7,9,13H,4,8H2,1-3H3,(H,15,16). The molecule has 1 heterocycles. The highest BCUT2D eigenvalue weighted by atomic mass is 16.5. The van der Waals surface area contributed by atoms with Crippen molar-refractivity contribution in [1.82, 2.24) is 10.3 Å². The zero-order valence-electron chi connectivity index (χ0n) is 10.5. The lowest BCUT2D eigenvalue weighted by Crippen LogP contribution is -2.36. The predicted octanol–water partition coefficient (Wildman–Crippen LogP) is 1.28. The molecule has 0 aromatic carbocycles. The van der Waals surface area contributed by atoms with Crippen molar-refractivity contribution in [3.05, 3.63) is 24.0 Å². The molecule has 0 spiro atoms. The number of ether oxygens (including phenoxy) is 1. The number of methoxy groups -OCH3 is 1. The van der Waals surface area contributed by atoms with E-state index in [0.29, 0.717) is 12.3 Å². The Morgan fingerprint density at radius 3 is 2.82 bits per heavy atom. The van der Waals surface area contributed by atoms with E-state index < -0.39 is 0 Å². The van der Waals surface area contributed by atoms with E-state index in [1.165, 1.54) is 0 Å². The highest BCUT2D eigenvalue weighted by Crippen LogP contribution is 2.05. The average molecular weight is 237 g/mol. The van der Waals surface area contributed by atoms with Crippen molar-refractivity contribution in [2.45, 2.75) is 19.9 Å². The van der Waals surface area contributed by atoms with Gasteiger partial charge in [0, 0.05) is 19.7 Å². The van der Waals surface area contributed by atoms with Gasteiger partial charge < -0.3 is 15.4 Å². The monoisotopic (exact) mass is 237 g/mol. The zero-order valence-corrected chi connectivity index (χ0v) is 10.5. The maximum absolute atomic E-state index is 11.7. The van der Waals surface area contributed by atoms with Gasteiger partial charge in [-0.2, -0.15) is 0 Å². The van der Waals surface area contributed by atoms with Gasteiger partial charge in [0.25, 0.3) is 5.91 Å². The molecular weight excluding hydrogens is 218 g/mol. The molecule has 1 aromatic heterocycles. The number of hydrogen-bond acceptors (Lipinski definition) is 4. The summed E-state index contributed by atoms with van der Waals surface area (Å²) in [5.41, 5.74) is 1.32. The summed E-state index contributed by atoms with van der Waals surface area (Å²) in [7, 11) is 1.60. The van der Waals surface area contributed by atoms with E-state index in [1.807, 2.05) is 19.9 Å². The quantitative estimate of drug-likeness (QED) is 0.782. The van der Waals surface area contributed by atoms with Crippen LogP contribution in [0.1, 0.15) is 24.3 Å². The van der Waals surface area contributed by atoms with Crippen molar-refractivity contribution in [2.75, 3.05) is 25.6 Å². The van der Waals surface area contributed by atoms with Gasteiger partial charge >= 0.3 is 0 Å². The van der Waals surface area contributed by atoms with Crippen LogP contribution in [0.2, 0.25) is 0 Å². The van der Waals surface area contributed by atoms with Crippen LogP contribution in [-0.2, 0) is 4.74 Å². The normalized spacial score (nSPS) is 11.9. The van der Waals surface area contributed by atoms with Gasteiger partial charge in [-0.3, -0.25) is 4.79 Å². The molecule has 1 aromatic rings. The SMILES string of the molecule is CCNc1ccc(C(=O)NC(C)COC)nc1. The lowest BCUT2D eigenvalue weighted by atomic mass is 10.3. The van der Waals surface area contributed by atoms with Crippen LogP contribution in [0.3, 0.4) is 0 Å². The average Bonchev–Trinajstić information content (AvgIpc) is 2.30. The first-order chi connectivity index (χ1) is 8.17. The maximum atomic E-state index is 11.7. The van der Waals surface area contributed by atoms with Crippen molar-refractivity contribution in [1.29, 1.82) is 0 Å². The highest BCUT2D eigenvalue weighted by Gasteiger charge is 2.10. The van der Waals surface area contributed by atoms with Gasteiger partial charge in [-0.1, -0.05) is 0 Å². The molecule has 0 saturated heterocycles.